The van der Waals surface area contributed by atoms with Crippen LogP contribution >= 0.6 is 0 Å². The maximum Gasteiger partial charge on any atom is 0.274 e. The topological polar surface area (TPSA) is 73.8 Å². The van der Waals surface area contributed by atoms with E-state index in [4.69, 9.17) is 0 Å². The van der Waals surface area contributed by atoms with E-state index in [2.05, 4.69) is 9.97 Å². The maximum atomic E-state index is 10.8. The number of imidazole rings is 1. The van der Waals surface area contributed by atoms with Crippen molar-refractivity contribution >= 4 is 16.7 Å². The Labute approximate surface area is 108 Å². The predicted octanol–water partition coefficient (Wildman–Crippen LogP) is 2.64. The number of hydrogen-bond acceptors (Lipinski definition) is 4. The number of aromatic nitrogens is 3. The molecule has 0 aliphatic carbocycles. The molecule has 0 atom stereocenters. The van der Waals surface area contributed by atoms with E-state index < -0.39 is 4.92 Å². The zero-order chi connectivity index (χ0) is 13.4. The highest BCUT2D eigenvalue weighted by atomic mass is 16.6. The lowest BCUT2D eigenvalue weighted by molar-refractivity contribution is -0.384. The highest BCUT2D eigenvalue weighted by molar-refractivity contribution is 5.77. The summed E-state index contributed by atoms with van der Waals surface area (Å²) in [5, 5.41) is 10.8. The van der Waals surface area contributed by atoms with Crippen LogP contribution in [0.15, 0.2) is 42.6 Å². The molecule has 0 saturated carbocycles. The van der Waals surface area contributed by atoms with Gasteiger partial charge in [0, 0.05) is 12.3 Å². The van der Waals surface area contributed by atoms with Crippen molar-refractivity contribution in [1.82, 2.24) is 14.5 Å². The monoisotopic (exact) mass is 254 g/mol. The molecule has 0 fully saturated rings. The summed E-state index contributed by atoms with van der Waals surface area (Å²) in [6.07, 6.45) is 1.43. The van der Waals surface area contributed by atoms with E-state index in [0.29, 0.717) is 5.82 Å². The largest absolute Gasteiger partial charge is 0.280 e. The molecule has 3 rings (SSSR count). The molecule has 94 valence electrons. The number of hydrogen-bond donors (Lipinski definition) is 0. The summed E-state index contributed by atoms with van der Waals surface area (Å²) in [6.45, 7) is 1.85. The Balaban J connectivity index is 2.27. The van der Waals surface area contributed by atoms with Crippen molar-refractivity contribution in [3.8, 4) is 5.82 Å². The van der Waals surface area contributed by atoms with Gasteiger partial charge < -0.3 is 0 Å². The Morgan fingerprint density at radius 1 is 1.26 bits per heavy atom. The quantitative estimate of drug-likeness (QED) is 0.520. The summed E-state index contributed by atoms with van der Waals surface area (Å²) in [6, 6.07) is 10.4. The van der Waals surface area contributed by atoms with Crippen molar-refractivity contribution in [2.45, 2.75) is 6.92 Å². The van der Waals surface area contributed by atoms with E-state index >= 15 is 0 Å². The van der Waals surface area contributed by atoms with Gasteiger partial charge in [0.1, 0.15) is 11.6 Å². The molecule has 2 aromatic heterocycles. The second-order valence-electron chi connectivity index (χ2n) is 4.11. The highest BCUT2D eigenvalue weighted by Gasteiger charge is 2.13. The van der Waals surface area contributed by atoms with E-state index in [1.165, 1.54) is 18.3 Å². The number of fused-ring (bicyclic) bond motifs is 1. The van der Waals surface area contributed by atoms with Crippen LogP contribution < -0.4 is 0 Å². The third-order valence-corrected chi connectivity index (χ3v) is 2.90. The Kier molecular flexibility index (Phi) is 2.49. The number of nitrogens with zero attached hydrogens (tertiary/aromatic N) is 4. The summed E-state index contributed by atoms with van der Waals surface area (Å²) in [5.74, 6) is 1.24. The van der Waals surface area contributed by atoms with Gasteiger partial charge in [0.05, 0.1) is 22.0 Å². The third-order valence-electron chi connectivity index (χ3n) is 2.90. The van der Waals surface area contributed by atoms with Crippen LogP contribution in [0.4, 0.5) is 5.69 Å². The predicted molar refractivity (Wildman–Crippen MR) is 70.3 cm³/mol. The van der Waals surface area contributed by atoms with Gasteiger partial charge in [-0.05, 0) is 19.1 Å². The number of benzene rings is 1. The van der Waals surface area contributed by atoms with E-state index in [1.54, 1.807) is 0 Å². The first kappa shape index (κ1) is 11.3. The van der Waals surface area contributed by atoms with E-state index in [1.807, 2.05) is 35.8 Å². The molecule has 0 amide bonds. The van der Waals surface area contributed by atoms with Crippen LogP contribution in [0.5, 0.6) is 0 Å². The Hall–Kier alpha value is -2.76. The van der Waals surface area contributed by atoms with Crippen molar-refractivity contribution in [2.24, 2.45) is 0 Å². The lowest BCUT2D eigenvalue weighted by Gasteiger charge is -2.05. The highest BCUT2D eigenvalue weighted by Crippen LogP contribution is 2.21. The van der Waals surface area contributed by atoms with Crippen LogP contribution in [0.3, 0.4) is 0 Å². The van der Waals surface area contributed by atoms with E-state index in [-0.39, 0.29) is 5.69 Å². The molecule has 2 heterocycles. The van der Waals surface area contributed by atoms with Crippen molar-refractivity contribution in [2.75, 3.05) is 0 Å². The number of aryl methyl sites for hydroxylation is 1. The normalized spacial score (nSPS) is 10.8. The summed E-state index contributed by atoms with van der Waals surface area (Å²) >= 11 is 0. The molecule has 0 bridgehead atoms. The van der Waals surface area contributed by atoms with Gasteiger partial charge in [0.15, 0.2) is 0 Å². The number of para-hydroxylation sites is 2. The van der Waals surface area contributed by atoms with Gasteiger partial charge in [-0.2, -0.15) is 0 Å². The molecule has 0 radical (unpaired) electrons. The van der Waals surface area contributed by atoms with Crippen LogP contribution in [0.2, 0.25) is 0 Å². The zero-order valence-corrected chi connectivity index (χ0v) is 10.1. The summed E-state index contributed by atoms with van der Waals surface area (Å²) in [4.78, 5) is 19.0. The summed E-state index contributed by atoms with van der Waals surface area (Å²) in [5.41, 5.74) is 1.74. The SMILES string of the molecule is Cc1nc2ccccc2n1-c1cc([N+](=O)[O-])ccn1. The standard InChI is InChI=1S/C13H10N4O2/c1-9-15-11-4-2-3-5-12(11)16(9)13-8-10(17(18)19)6-7-14-13/h2-8H,1H3. The molecule has 0 saturated heterocycles. The van der Waals surface area contributed by atoms with Crippen LogP contribution in [0.1, 0.15) is 5.82 Å². The molecule has 1 aromatic carbocycles. The smallest absolute Gasteiger partial charge is 0.274 e. The van der Waals surface area contributed by atoms with Gasteiger partial charge >= 0.3 is 0 Å². The molecule has 0 aliphatic heterocycles. The molecular weight excluding hydrogens is 244 g/mol. The molecule has 0 spiro atoms. The fraction of sp³-hybridized carbons (Fsp3) is 0.0769. The van der Waals surface area contributed by atoms with Crippen molar-refractivity contribution < 1.29 is 4.92 Å². The number of nitro groups is 1. The van der Waals surface area contributed by atoms with Crippen LogP contribution in [-0.2, 0) is 0 Å². The molecular formula is C13H10N4O2. The average Bonchev–Trinajstić information content (AvgIpc) is 2.74. The molecule has 19 heavy (non-hydrogen) atoms. The van der Waals surface area contributed by atoms with Crippen LogP contribution in [-0.4, -0.2) is 19.5 Å². The molecule has 6 heteroatoms. The van der Waals surface area contributed by atoms with Crippen molar-refractivity contribution in [3.63, 3.8) is 0 Å². The average molecular weight is 254 g/mol. The second-order valence-corrected chi connectivity index (χ2v) is 4.11. The molecule has 3 aromatic rings. The van der Waals surface area contributed by atoms with Crippen LogP contribution in [0, 0.1) is 17.0 Å². The molecule has 0 N–H and O–H groups in total. The van der Waals surface area contributed by atoms with Gasteiger partial charge in [0.2, 0.25) is 0 Å². The first-order chi connectivity index (χ1) is 9.16. The second kappa shape index (κ2) is 4.16. The summed E-state index contributed by atoms with van der Waals surface area (Å²) < 4.78 is 1.81. The summed E-state index contributed by atoms with van der Waals surface area (Å²) in [7, 11) is 0. The first-order valence-corrected chi connectivity index (χ1v) is 5.72. The number of pyridine rings is 1. The van der Waals surface area contributed by atoms with Crippen molar-refractivity contribution in [3.05, 3.63) is 58.5 Å². The minimum atomic E-state index is -0.431. The molecule has 6 nitrogen and oxygen atoms in total. The van der Waals surface area contributed by atoms with Gasteiger partial charge in [-0.3, -0.25) is 14.7 Å². The Morgan fingerprint density at radius 2 is 2.05 bits per heavy atom. The fourth-order valence-corrected chi connectivity index (χ4v) is 2.08. The first-order valence-electron chi connectivity index (χ1n) is 5.72. The fourth-order valence-electron chi connectivity index (χ4n) is 2.08. The van der Waals surface area contributed by atoms with Crippen molar-refractivity contribution in [1.29, 1.82) is 0 Å². The van der Waals surface area contributed by atoms with Crippen LogP contribution in [0.25, 0.3) is 16.9 Å². The Bertz CT molecular complexity index is 779. The maximum absolute atomic E-state index is 10.8. The van der Waals surface area contributed by atoms with E-state index in [0.717, 1.165) is 16.9 Å². The third kappa shape index (κ3) is 1.83. The van der Waals surface area contributed by atoms with E-state index in [9.17, 15) is 10.1 Å². The molecule has 0 unspecified atom stereocenters. The lowest BCUT2D eigenvalue weighted by Crippen LogP contribution is -2.00. The lowest BCUT2D eigenvalue weighted by atomic mass is 10.3. The molecule has 0 aliphatic rings. The van der Waals surface area contributed by atoms with Gasteiger partial charge in [0.25, 0.3) is 5.69 Å². The van der Waals surface area contributed by atoms with Gasteiger partial charge in [-0.15, -0.1) is 0 Å². The zero-order valence-electron chi connectivity index (χ0n) is 10.1. The number of rotatable bonds is 2. The minimum absolute atomic E-state index is 0.0159. The minimum Gasteiger partial charge on any atom is -0.280 e. The van der Waals surface area contributed by atoms with Gasteiger partial charge in [-0.25, -0.2) is 9.97 Å². The Morgan fingerprint density at radius 3 is 2.84 bits per heavy atom. The van der Waals surface area contributed by atoms with Gasteiger partial charge in [-0.1, -0.05) is 12.1 Å².